The summed E-state index contributed by atoms with van der Waals surface area (Å²) in [7, 11) is 0. The first-order valence-electron chi connectivity index (χ1n) is 7.59. The van der Waals surface area contributed by atoms with Gasteiger partial charge < -0.3 is 9.47 Å². The molecule has 2 aromatic carbocycles. The SMILES string of the molecule is c1ccc([C](CCCOCC2CO2)c2ccccc2)cc1. The minimum Gasteiger partial charge on any atom is -0.379 e. The zero-order chi connectivity index (χ0) is 14.3. The minimum absolute atomic E-state index is 0.358. The molecule has 109 valence electrons. The third kappa shape index (κ3) is 4.42. The standard InChI is InChI=1S/C19H21O2/c1-3-8-16(9-4-1)19(17-10-5-2-6-11-17)12-7-13-20-14-18-15-21-18/h1-6,8-11,18H,7,12-15H2. The molecule has 0 spiro atoms. The summed E-state index contributed by atoms with van der Waals surface area (Å²) in [6, 6.07) is 21.2. The lowest BCUT2D eigenvalue weighted by atomic mass is 9.88. The second-order valence-corrected chi connectivity index (χ2v) is 5.34. The summed E-state index contributed by atoms with van der Waals surface area (Å²) in [5, 5.41) is 0. The van der Waals surface area contributed by atoms with Crippen molar-refractivity contribution in [3.8, 4) is 0 Å². The Morgan fingerprint density at radius 2 is 1.52 bits per heavy atom. The van der Waals surface area contributed by atoms with Crippen LogP contribution >= 0.6 is 0 Å². The Morgan fingerprint density at radius 1 is 0.952 bits per heavy atom. The van der Waals surface area contributed by atoms with Crippen molar-refractivity contribution in [1.82, 2.24) is 0 Å². The molecule has 1 aliphatic rings. The molecule has 1 radical (unpaired) electrons. The number of ether oxygens (including phenoxy) is 2. The van der Waals surface area contributed by atoms with E-state index in [1.807, 2.05) is 0 Å². The highest BCUT2D eigenvalue weighted by molar-refractivity contribution is 5.45. The summed E-state index contributed by atoms with van der Waals surface area (Å²) >= 11 is 0. The molecule has 2 aromatic rings. The first-order chi connectivity index (χ1) is 10.4. The van der Waals surface area contributed by atoms with E-state index in [0.717, 1.165) is 32.7 Å². The Morgan fingerprint density at radius 3 is 2.05 bits per heavy atom. The smallest absolute Gasteiger partial charge is 0.104 e. The fourth-order valence-electron chi connectivity index (χ4n) is 2.46. The van der Waals surface area contributed by atoms with Gasteiger partial charge in [-0.1, -0.05) is 60.7 Å². The van der Waals surface area contributed by atoms with Crippen molar-refractivity contribution in [2.75, 3.05) is 19.8 Å². The number of benzene rings is 2. The lowest BCUT2D eigenvalue weighted by molar-refractivity contribution is 0.114. The highest BCUT2D eigenvalue weighted by Crippen LogP contribution is 2.27. The van der Waals surface area contributed by atoms with Crippen molar-refractivity contribution in [2.24, 2.45) is 0 Å². The van der Waals surface area contributed by atoms with Crippen molar-refractivity contribution < 1.29 is 9.47 Å². The molecule has 0 amide bonds. The van der Waals surface area contributed by atoms with Gasteiger partial charge in [0.25, 0.3) is 0 Å². The molecule has 2 heteroatoms. The van der Waals surface area contributed by atoms with E-state index in [0.29, 0.717) is 6.10 Å². The van der Waals surface area contributed by atoms with Crippen molar-refractivity contribution in [3.63, 3.8) is 0 Å². The predicted molar refractivity (Wildman–Crippen MR) is 84.1 cm³/mol. The van der Waals surface area contributed by atoms with Gasteiger partial charge in [-0.25, -0.2) is 0 Å². The predicted octanol–water partition coefficient (Wildman–Crippen LogP) is 3.85. The van der Waals surface area contributed by atoms with Gasteiger partial charge in [-0.15, -0.1) is 0 Å². The molecule has 1 heterocycles. The summed E-state index contributed by atoms with van der Waals surface area (Å²) < 4.78 is 10.8. The van der Waals surface area contributed by atoms with E-state index in [1.54, 1.807) is 0 Å². The van der Waals surface area contributed by atoms with Crippen molar-refractivity contribution in [2.45, 2.75) is 18.9 Å². The van der Waals surface area contributed by atoms with Crippen LogP contribution in [0, 0.1) is 5.92 Å². The average Bonchev–Trinajstić information content (AvgIpc) is 3.37. The molecule has 0 bridgehead atoms. The topological polar surface area (TPSA) is 21.8 Å². The number of epoxide rings is 1. The van der Waals surface area contributed by atoms with Crippen LogP contribution in [-0.4, -0.2) is 25.9 Å². The molecule has 1 aliphatic heterocycles. The van der Waals surface area contributed by atoms with Crippen LogP contribution in [0.25, 0.3) is 0 Å². The summed E-state index contributed by atoms with van der Waals surface area (Å²) in [6.45, 7) is 2.40. The van der Waals surface area contributed by atoms with Gasteiger partial charge in [-0.3, -0.25) is 0 Å². The van der Waals surface area contributed by atoms with E-state index in [4.69, 9.17) is 9.47 Å². The van der Waals surface area contributed by atoms with Gasteiger partial charge in [0.2, 0.25) is 0 Å². The van der Waals surface area contributed by atoms with Crippen molar-refractivity contribution >= 4 is 0 Å². The molecule has 0 aliphatic carbocycles. The Hall–Kier alpha value is -1.64. The van der Waals surface area contributed by atoms with Gasteiger partial charge in [-0.2, -0.15) is 0 Å². The first kappa shape index (κ1) is 14.3. The van der Waals surface area contributed by atoms with E-state index >= 15 is 0 Å². The highest BCUT2D eigenvalue weighted by Gasteiger charge is 2.22. The van der Waals surface area contributed by atoms with Gasteiger partial charge in [0.1, 0.15) is 6.10 Å². The molecule has 3 rings (SSSR count). The second-order valence-electron chi connectivity index (χ2n) is 5.34. The maximum atomic E-state index is 5.64. The Balaban J connectivity index is 1.59. The fraction of sp³-hybridized carbons (Fsp3) is 0.316. The molecule has 0 saturated carbocycles. The van der Waals surface area contributed by atoms with E-state index in [9.17, 15) is 0 Å². The molecule has 2 nitrogen and oxygen atoms in total. The molecule has 0 N–H and O–H groups in total. The molecule has 1 atom stereocenters. The van der Waals surface area contributed by atoms with E-state index in [2.05, 4.69) is 60.7 Å². The third-order valence-corrected chi connectivity index (χ3v) is 3.67. The van der Waals surface area contributed by atoms with Gasteiger partial charge in [-0.05, 0) is 24.0 Å². The lowest BCUT2D eigenvalue weighted by Gasteiger charge is -2.17. The molecule has 0 aromatic heterocycles. The second kappa shape index (κ2) is 7.39. The molecule has 1 unspecified atom stereocenters. The quantitative estimate of drug-likeness (QED) is 0.541. The van der Waals surface area contributed by atoms with Crippen LogP contribution < -0.4 is 0 Å². The Kier molecular flexibility index (Phi) is 5.03. The van der Waals surface area contributed by atoms with E-state index < -0.39 is 0 Å². The Bertz CT molecular complexity index is 480. The van der Waals surface area contributed by atoms with Crippen LogP contribution in [0.3, 0.4) is 0 Å². The van der Waals surface area contributed by atoms with Crippen molar-refractivity contribution in [1.29, 1.82) is 0 Å². The largest absolute Gasteiger partial charge is 0.379 e. The molecule has 21 heavy (non-hydrogen) atoms. The van der Waals surface area contributed by atoms with Crippen LogP contribution in [0.15, 0.2) is 60.7 Å². The molecular weight excluding hydrogens is 260 g/mol. The first-order valence-corrected chi connectivity index (χ1v) is 7.59. The van der Waals surface area contributed by atoms with E-state index in [1.165, 1.54) is 17.0 Å². The van der Waals surface area contributed by atoms with Gasteiger partial charge in [0.05, 0.1) is 13.2 Å². The van der Waals surface area contributed by atoms with Gasteiger partial charge in [0.15, 0.2) is 0 Å². The maximum absolute atomic E-state index is 5.64. The lowest BCUT2D eigenvalue weighted by Crippen LogP contribution is -2.07. The minimum atomic E-state index is 0.358. The summed E-state index contributed by atoms with van der Waals surface area (Å²) in [5.41, 5.74) is 2.60. The summed E-state index contributed by atoms with van der Waals surface area (Å²) in [4.78, 5) is 0. The van der Waals surface area contributed by atoms with Crippen LogP contribution in [0.1, 0.15) is 24.0 Å². The maximum Gasteiger partial charge on any atom is 0.104 e. The highest BCUT2D eigenvalue weighted by atomic mass is 16.6. The van der Waals surface area contributed by atoms with Gasteiger partial charge in [0, 0.05) is 12.5 Å². The number of hydrogen-bond acceptors (Lipinski definition) is 2. The van der Waals surface area contributed by atoms with Crippen LogP contribution in [-0.2, 0) is 9.47 Å². The molecular formula is C19H21O2. The van der Waals surface area contributed by atoms with Crippen LogP contribution in [0.4, 0.5) is 0 Å². The van der Waals surface area contributed by atoms with Crippen LogP contribution in [0.5, 0.6) is 0 Å². The monoisotopic (exact) mass is 281 g/mol. The normalized spacial score (nSPS) is 17.1. The zero-order valence-corrected chi connectivity index (χ0v) is 12.2. The zero-order valence-electron chi connectivity index (χ0n) is 12.2. The summed E-state index contributed by atoms with van der Waals surface area (Å²) in [6.07, 6.45) is 2.42. The van der Waals surface area contributed by atoms with Crippen LogP contribution in [0.2, 0.25) is 0 Å². The van der Waals surface area contributed by atoms with E-state index in [-0.39, 0.29) is 0 Å². The molecule has 1 saturated heterocycles. The fourth-order valence-corrected chi connectivity index (χ4v) is 2.46. The average molecular weight is 281 g/mol. The van der Waals surface area contributed by atoms with Crippen molar-refractivity contribution in [3.05, 3.63) is 77.7 Å². The van der Waals surface area contributed by atoms with Gasteiger partial charge >= 0.3 is 0 Å². The number of hydrogen-bond donors (Lipinski definition) is 0. The third-order valence-electron chi connectivity index (χ3n) is 3.67. The number of rotatable bonds is 8. The summed E-state index contributed by atoms with van der Waals surface area (Å²) in [5.74, 6) is 1.39. The molecule has 1 fully saturated rings. The Labute approximate surface area is 126 Å².